The second-order valence-electron chi connectivity index (χ2n) is 3.92. The monoisotopic (exact) mass is 254 g/mol. The second-order valence-corrected chi connectivity index (χ2v) is 4.36. The lowest BCUT2D eigenvalue weighted by atomic mass is 10.1. The molecule has 1 unspecified atom stereocenters. The molecule has 0 aliphatic carbocycles. The number of aliphatic carboxylic acids is 1. The zero-order valence-electron chi connectivity index (χ0n) is 9.09. The van der Waals surface area contributed by atoms with Crippen molar-refractivity contribution in [2.45, 2.75) is 19.1 Å². The standard InChI is InChI=1S/C11H11ClN2O3/c1-7-6-11(17,10(15)16)14(13-7)9-4-2-8(12)3-5-9/h2-5,17H,6H2,1H3,(H,15,16). The molecule has 1 heterocycles. The van der Waals surface area contributed by atoms with Gasteiger partial charge in [-0.15, -0.1) is 0 Å². The minimum Gasteiger partial charge on any atom is -0.478 e. The van der Waals surface area contributed by atoms with Crippen molar-refractivity contribution in [1.82, 2.24) is 0 Å². The van der Waals surface area contributed by atoms with Gasteiger partial charge in [0.25, 0.3) is 5.72 Å². The average Bonchev–Trinajstić information content (AvgIpc) is 2.57. The maximum Gasteiger partial charge on any atom is 0.359 e. The predicted octanol–water partition coefficient (Wildman–Crippen LogP) is 1.70. The summed E-state index contributed by atoms with van der Waals surface area (Å²) in [4.78, 5) is 11.1. The molecule has 0 saturated heterocycles. The van der Waals surface area contributed by atoms with E-state index in [1.54, 1.807) is 31.2 Å². The van der Waals surface area contributed by atoms with Gasteiger partial charge in [-0.2, -0.15) is 5.10 Å². The van der Waals surface area contributed by atoms with Crippen LogP contribution >= 0.6 is 11.6 Å². The van der Waals surface area contributed by atoms with Crippen molar-refractivity contribution in [3.05, 3.63) is 29.3 Å². The largest absolute Gasteiger partial charge is 0.478 e. The van der Waals surface area contributed by atoms with Gasteiger partial charge in [-0.3, -0.25) is 0 Å². The summed E-state index contributed by atoms with van der Waals surface area (Å²) in [7, 11) is 0. The summed E-state index contributed by atoms with van der Waals surface area (Å²) in [6, 6.07) is 6.45. The minimum atomic E-state index is -2.02. The number of hydrogen-bond donors (Lipinski definition) is 2. The Morgan fingerprint density at radius 1 is 1.47 bits per heavy atom. The highest BCUT2D eigenvalue weighted by molar-refractivity contribution is 6.30. The van der Waals surface area contributed by atoms with Crippen LogP contribution in [-0.4, -0.2) is 27.6 Å². The molecule has 0 spiro atoms. The maximum absolute atomic E-state index is 11.1. The number of aliphatic hydroxyl groups is 1. The molecule has 1 aliphatic rings. The first kappa shape index (κ1) is 11.9. The number of carbonyl (C=O) groups is 1. The zero-order valence-corrected chi connectivity index (χ0v) is 9.85. The molecule has 2 N–H and O–H groups in total. The van der Waals surface area contributed by atoms with Crippen molar-refractivity contribution < 1.29 is 15.0 Å². The maximum atomic E-state index is 11.1. The molecule has 0 amide bonds. The molecule has 90 valence electrons. The Labute approximate surface area is 103 Å². The smallest absolute Gasteiger partial charge is 0.359 e. The molecule has 0 aromatic heterocycles. The number of anilines is 1. The van der Waals surface area contributed by atoms with Gasteiger partial charge in [0, 0.05) is 17.2 Å². The number of halogens is 1. The summed E-state index contributed by atoms with van der Waals surface area (Å²) in [5.74, 6) is -1.33. The Balaban J connectivity index is 2.42. The molecule has 1 aromatic carbocycles. The highest BCUT2D eigenvalue weighted by atomic mass is 35.5. The van der Waals surface area contributed by atoms with Crippen LogP contribution in [0.5, 0.6) is 0 Å². The number of rotatable bonds is 2. The van der Waals surface area contributed by atoms with Crippen molar-refractivity contribution in [3.8, 4) is 0 Å². The molecule has 6 heteroatoms. The van der Waals surface area contributed by atoms with Gasteiger partial charge in [0.2, 0.25) is 0 Å². The highest BCUT2D eigenvalue weighted by Gasteiger charge is 2.47. The molecule has 0 bridgehead atoms. The van der Waals surface area contributed by atoms with Crippen LogP contribution in [0.15, 0.2) is 29.4 Å². The Hall–Kier alpha value is -1.59. The summed E-state index contributed by atoms with van der Waals surface area (Å²) < 4.78 is 0. The van der Waals surface area contributed by atoms with Crippen LogP contribution in [0, 0.1) is 0 Å². The van der Waals surface area contributed by atoms with E-state index in [1.165, 1.54) is 0 Å². The fourth-order valence-electron chi connectivity index (χ4n) is 1.74. The van der Waals surface area contributed by atoms with Crippen LogP contribution in [0.2, 0.25) is 5.02 Å². The van der Waals surface area contributed by atoms with Crippen LogP contribution in [0.1, 0.15) is 13.3 Å². The predicted molar refractivity (Wildman–Crippen MR) is 64.2 cm³/mol. The molecule has 5 nitrogen and oxygen atoms in total. The van der Waals surface area contributed by atoms with Crippen molar-refractivity contribution in [2.75, 3.05) is 5.01 Å². The first-order valence-electron chi connectivity index (χ1n) is 4.99. The Morgan fingerprint density at radius 3 is 2.59 bits per heavy atom. The Bertz CT molecular complexity index is 486. The van der Waals surface area contributed by atoms with Gasteiger partial charge in [0.15, 0.2) is 0 Å². The summed E-state index contributed by atoms with van der Waals surface area (Å²) >= 11 is 5.75. The van der Waals surface area contributed by atoms with E-state index in [1.807, 2.05) is 0 Å². The second kappa shape index (κ2) is 4.01. The van der Waals surface area contributed by atoms with Gasteiger partial charge in [-0.05, 0) is 31.2 Å². The minimum absolute atomic E-state index is 0.0229. The first-order chi connectivity index (χ1) is 7.93. The molecule has 1 atom stereocenters. The number of hydrogen-bond acceptors (Lipinski definition) is 4. The molecule has 0 saturated carbocycles. The Kier molecular flexibility index (Phi) is 2.81. The summed E-state index contributed by atoms with van der Waals surface area (Å²) in [6.45, 7) is 1.67. The number of carboxylic acids is 1. The van der Waals surface area contributed by atoms with E-state index in [0.717, 1.165) is 5.01 Å². The third-order valence-electron chi connectivity index (χ3n) is 2.54. The van der Waals surface area contributed by atoms with Crippen molar-refractivity contribution >= 4 is 29.0 Å². The number of nitrogens with zero attached hydrogens (tertiary/aromatic N) is 2. The van der Waals surface area contributed by atoms with E-state index in [9.17, 15) is 9.90 Å². The normalized spacial score (nSPS) is 23.7. The van der Waals surface area contributed by atoms with Gasteiger partial charge in [0.1, 0.15) is 0 Å². The van der Waals surface area contributed by atoms with E-state index < -0.39 is 11.7 Å². The molecule has 0 fully saturated rings. The lowest BCUT2D eigenvalue weighted by molar-refractivity contribution is -0.157. The summed E-state index contributed by atoms with van der Waals surface area (Å²) in [5, 5.41) is 24.9. The third-order valence-corrected chi connectivity index (χ3v) is 2.79. The van der Waals surface area contributed by atoms with E-state index in [4.69, 9.17) is 16.7 Å². The van der Waals surface area contributed by atoms with Crippen LogP contribution in [0.25, 0.3) is 0 Å². The van der Waals surface area contributed by atoms with E-state index in [2.05, 4.69) is 5.10 Å². The number of benzene rings is 1. The molecule has 1 aromatic rings. The van der Waals surface area contributed by atoms with Crippen molar-refractivity contribution in [3.63, 3.8) is 0 Å². The highest BCUT2D eigenvalue weighted by Crippen LogP contribution is 2.32. The van der Waals surface area contributed by atoms with Crippen molar-refractivity contribution in [2.24, 2.45) is 5.10 Å². The topological polar surface area (TPSA) is 73.1 Å². The van der Waals surface area contributed by atoms with Crippen LogP contribution in [-0.2, 0) is 4.79 Å². The quantitative estimate of drug-likeness (QED) is 0.843. The van der Waals surface area contributed by atoms with Crippen LogP contribution < -0.4 is 5.01 Å². The number of carboxylic acid groups (broad SMARTS) is 1. The van der Waals surface area contributed by atoms with E-state index >= 15 is 0 Å². The van der Waals surface area contributed by atoms with Gasteiger partial charge in [-0.1, -0.05) is 11.6 Å². The van der Waals surface area contributed by atoms with Gasteiger partial charge >= 0.3 is 5.97 Å². The Morgan fingerprint density at radius 2 is 2.06 bits per heavy atom. The number of hydrazone groups is 1. The molecule has 0 radical (unpaired) electrons. The SMILES string of the molecule is CC1=NN(c2ccc(Cl)cc2)C(O)(C(=O)O)C1. The third kappa shape index (κ3) is 1.99. The van der Waals surface area contributed by atoms with Crippen LogP contribution in [0.3, 0.4) is 0 Å². The lowest BCUT2D eigenvalue weighted by Gasteiger charge is -2.28. The summed E-state index contributed by atoms with van der Waals surface area (Å²) in [6.07, 6.45) is -0.0229. The fourth-order valence-corrected chi connectivity index (χ4v) is 1.87. The van der Waals surface area contributed by atoms with Crippen LogP contribution in [0.4, 0.5) is 5.69 Å². The molecule has 2 rings (SSSR count). The lowest BCUT2D eigenvalue weighted by Crippen LogP contribution is -2.50. The van der Waals surface area contributed by atoms with Crippen molar-refractivity contribution in [1.29, 1.82) is 0 Å². The van der Waals surface area contributed by atoms with E-state index in [0.29, 0.717) is 16.4 Å². The first-order valence-corrected chi connectivity index (χ1v) is 5.37. The fraction of sp³-hybridized carbons (Fsp3) is 0.273. The van der Waals surface area contributed by atoms with Gasteiger partial charge in [-0.25, -0.2) is 9.80 Å². The molecular weight excluding hydrogens is 244 g/mol. The summed E-state index contributed by atoms with van der Waals surface area (Å²) in [5.41, 5.74) is -0.973. The average molecular weight is 255 g/mol. The van der Waals surface area contributed by atoms with Gasteiger partial charge < -0.3 is 10.2 Å². The molecule has 17 heavy (non-hydrogen) atoms. The molecular formula is C11H11ClN2O3. The molecule has 1 aliphatic heterocycles. The zero-order chi connectivity index (χ0) is 12.6. The van der Waals surface area contributed by atoms with Gasteiger partial charge in [0.05, 0.1) is 5.69 Å². The van der Waals surface area contributed by atoms with E-state index in [-0.39, 0.29) is 6.42 Å².